The van der Waals surface area contributed by atoms with Gasteiger partial charge in [-0.15, -0.1) is 11.6 Å². The van der Waals surface area contributed by atoms with Crippen LogP contribution in [0.5, 0.6) is 0 Å². The van der Waals surface area contributed by atoms with Crippen LogP contribution in [-0.4, -0.2) is 14.7 Å². The molecule has 0 aliphatic rings. The molecule has 0 heterocycles. The Morgan fingerprint density at radius 3 is 2.40 bits per heavy atom. The van der Waals surface area contributed by atoms with Crippen molar-refractivity contribution in [2.75, 3.05) is 5.88 Å². The molecule has 0 aromatic rings. The number of unbranched alkanes of at least 4 members (excludes halogenated alkanes) is 2. The van der Waals surface area contributed by atoms with E-state index in [2.05, 4.69) is 13.5 Å². The Morgan fingerprint density at radius 1 is 1.20 bits per heavy atom. The molecule has 62 valence electrons. The van der Waals surface area contributed by atoms with E-state index in [1.807, 2.05) is 0 Å². The molecule has 0 N–H and O–H groups in total. The molecule has 0 saturated carbocycles. The zero-order valence-corrected chi connectivity index (χ0v) is 9.11. The van der Waals surface area contributed by atoms with Crippen LogP contribution in [0.25, 0.3) is 0 Å². The van der Waals surface area contributed by atoms with Crippen LogP contribution >= 0.6 is 11.6 Å². The van der Waals surface area contributed by atoms with Gasteiger partial charge in [0.1, 0.15) is 0 Å². The second kappa shape index (κ2) is 7.61. The third-order valence-electron chi connectivity index (χ3n) is 1.90. The van der Waals surface area contributed by atoms with Crippen molar-refractivity contribution in [1.29, 1.82) is 0 Å². The third-order valence-corrected chi connectivity index (χ3v) is 5.15. The summed E-state index contributed by atoms with van der Waals surface area (Å²) in [6.07, 6.45) is 4.21. The van der Waals surface area contributed by atoms with Crippen molar-refractivity contribution in [1.82, 2.24) is 0 Å². The molecule has 2 heteroatoms. The minimum atomic E-state index is -0.366. The van der Waals surface area contributed by atoms with Crippen LogP contribution in [0.1, 0.15) is 26.2 Å². The highest BCUT2D eigenvalue weighted by atomic mass is 35.5. The number of halogens is 1. The van der Waals surface area contributed by atoms with E-state index in [4.69, 9.17) is 11.6 Å². The van der Waals surface area contributed by atoms with Crippen LogP contribution in [0.4, 0.5) is 0 Å². The van der Waals surface area contributed by atoms with Crippen LogP contribution in [0.3, 0.4) is 0 Å². The van der Waals surface area contributed by atoms with E-state index in [-0.39, 0.29) is 8.80 Å². The van der Waals surface area contributed by atoms with Crippen LogP contribution in [0.2, 0.25) is 18.6 Å². The minimum Gasteiger partial charge on any atom is -0.127 e. The summed E-state index contributed by atoms with van der Waals surface area (Å²) in [6, 6.07) is 2.83. The molecule has 0 aromatic carbocycles. The summed E-state index contributed by atoms with van der Waals surface area (Å²) in [6.45, 7) is 4.69. The number of hydrogen-bond acceptors (Lipinski definition) is 0. The first kappa shape index (κ1) is 10.5. The molecule has 0 nitrogen and oxygen atoms in total. The molecule has 0 bridgehead atoms. The molecule has 0 aromatic heterocycles. The van der Waals surface area contributed by atoms with Crippen LogP contribution in [0.15, 0.2) is 0 Å². The van der Waals surface area contributed by atoms with Crippen LogP contribution in [0, 0.1) is 0 Å². The first-order chi connectivity index (χ1) is 4.81. The normalized spacial score (nSPS) is 13.5. The van der Waals surface area contributed by atoms with Gasteiger partial charge in [0.2, 0.25) is 0 Å². The number of alkyl halides is 1. The first-order valence-corrected chi connectivity index (χ1v) is 7.69. The molecular formula is C8H19ClSi. The molecular weight excluding hydrogens is 160 g/mol. The molecule has 10 heavy (non-hydrogen) atoms. The average Bonchev–Trinajstić information content (AvgIpc) is 1.89. The van der Waals surface area contributed by atoms with Gasteiger partial charge in [0.15, 0.2) is 0 Å². The highest BCUT2D eigenvalue weighted by Gasteiger charge is 2.00. The molecule has 0 rings (SSSR count). The minimum absolute atomic E-state index is 0.366. The van der Waals surface area contributed by atoms with Crippen molar-refractivity contribution in [3.8, 4) is 0 Å². The highest BCUT2D eigenvalue weighted by Crippen LogP contribution is 2.07. The van der Waals surface area contributed by atoms with Crippen molar-refractivity contribution in [2.24, 2.45) is 0 Å². The van der Waals surface area contributed by atoms with E-state index in [9.17, 15) is 0 Å². The quantitative estimate of drug-likeness (QED) is 0.333. The van der Waals surface area contributed by atoms with Crippen LogP contribution in [-0.2, 0) is 0 Å². The SMILES string of the molecule is CCCCC[SiH](C)CCCl. The van der Waals surface area contributed by atoms with Gasteiger partial charge >= 0.3 is 0 Å². The summed E-state index contributed by atoms with van der Waals surface area (Å²) >= 11 is 5.64. The Labute approximate surface area is 71.6 Å². The zero-order chi connectivity index (χ0) is 7.82. The van der Waals surface area contributed by atoms with E-state index in [0.29, 0.717) is 0 Å². The molecule has 0 spiro atoms. The summed E-state index contributed by atoms with van der Waals surface area (Å²) in [4.78, 5) is 0. The lowest BCUT2D eigenvalue weighted by Gasteiger charge is -2.05. The maximum absolute atomic E-state index is 5.64. The van der Waals surface area contributed by atoms with E-state index in [0.717, 1.165) is 5.88 Å². The van der Waals surface area contributed by atoms with Crippen molar-refractivity contribution in [2.45, 2.75) is 44.8 Å². The second-order valence-electron chi connectivity index (χ2n) is 3.08. The van der Waals surface area contributed by atoms with Gasteiger partial charge in [-0.05, 0) is 6.04 Å². The molecule has 0 amide bonds. The van der Waals surface area contributed by atoms with Gasteiger partial charge in [0.25, 0.3) is 0 Å². The van der Waals surface area contributed by atoms with Gasteiger partial charge in [-0.25, -0.2) is 0 Å². The summed E-state index contributed by atoms with van der Waals surface area (Å²) in [5, 5.41) is 0. The fourth-order valence-electron chi connectivity index (χ4n) is 1.07. The lowest BCUT2D eigenvalue weighted by Crippen LogP contribution is -2.06. The topological polar surface area (TPSA) is 0 Å². The summed E-state index contributed by atoms with van der Waals surface area (Å²) < 4.78 is 0. The van der Waals surface area contributed by atoms with Gasteiger partial charge in [-0.3, -0.25) is 0 Å². The molecule has 0 aliphatic heterocycles. The third kappa shape index (κ3) is 6.62. The van der Waals surface area contributed by atoms with Crippen LogP contribution < -0.4 is 0 Å². The lowest BCUT2D eigenvalue weighted by molar-refractivity contribution is 0.765. The van der Waals surface area contributed by atoms with Crippen molar-refractivity contribution in [3.05, 3.63) is 0 Å². The highest BCUT2D eigenvalue weighted by molar-refractivity contribution is 6.58. The van der Waals surface area contributed by atoms with Gasteiger partial charge in [-0.1, -0.05) is 38.8 Å². The first-order valence-electron chi connectivity index (χ1n) is 4.37. The molecule has 0 radical (unpaired) electrons. The second-order valence-corrected chi connectivity index (χ2v) is 6.82. The maximum atomic E-state index is 5.64. The van der Waals surface area contributed by atoms with Crippen molar-refractivity contribution < 1.29 is 0 Å². The van der Waals surface area contributed by atoms with Gasteiger partial charge in [0, 0.05) is 14.7 Å². The number of rotatable bonds is 6. The Hall–Kier alpha value is 0.507. The Balaban J connectivity index is 2.97. The summed E-state index contributed by atoms with van der Waals surface area (Å²) in [7, 11) is -0.366. The van der Waals surface area contributed by atoms with Crippen molar-refractivity contribution in [3.63, 3.8) is 0 Å². The lowest BCUT2D eigenvalue weighted by atomic mass is 10.3. The fourth-order valence-corrected chi connectivity index (χ4v) is 3.84. The smallest absolute Gasteiger partial charge is 0.0348 e. The number of hydrogen-bond donors (Lipinski definition) is 0. The molecule has 0 saturated heterocycles. The monoisotopic (exact) mass is 178 g/mol. The molecule has 0 aliphatic carbocycles. The Kier molecular flexibility index (Phi) is 8.00. The molecule has 1 unspecified atom stereocenters. The average molecular weight is 179 g/mol. The zero-order valence-electron chi connectivity index (χ0n) is 7.20. The summed E-state index contributed by atoms with van der Waals surface area (Å²) in [5.74, 6) is 0.888. The maximum Gasteiger partial charge on any atom is 0.0348 e. The molecule has 1 atom stereocenters. The summed E-state index contributed by atoms with van der Waals surface area (Å²) in [5.41, 5.74) is 0. The largest absolute Gasteiger partial charge is 0.127 e. The van der Waals surface area contributed by atoms with E-state index < -0.39 is 0 Å². The predicted octanol–water partition coefficient (Wildman–Crippen LogP) is 3.27. The van der Waals surface area contributed by atoms with E-state index in [1.54, 1.807) is 0 Å². The standard InChI is InChI=1S/C8H19ClSi/c1-3-4-5-7-10(2)8-6-9/h10H,3-8H2,1-2H3. The van der Waals surface area contributed by atoms with E-state index >= 15 is 0 Å². The van der Waals surface area contributed by atoms with E-state index in [1.165, 1.54) is 31.4 Å². The predicted molar refractivity (Wildman–Crippen MR) is 52.9 cm³/mol. The van der Waals surface area contributed by atoms with Gasteiger partial charge in [0.05, 0.1) is 0 Å². The Morgan fingerprint density at radius 2 is 1.90 bits per heavy atom. The fraction of sp³-hybridized carbons (Fsp3) is 1.00. The van der Waals surface area contributed by atoms with Gasteiger partial charge < -0.3 is 0 Å². The van der Waals surface area contributed by atoms with Gasteiger partial charge in [-0.2, -0.15) is 0 Å². The van der Waals surface area contributed by atoms with Crippen molar-refractivity contribution >= 4 is 20.4 Å². The Bertz CT molecular complexity index is 66.3. The molecule has 0 fully saturated rings.